The van der Waals surface area contributed by atoms with Crippen LogP contribution in [0.15, 0.2) is 24.3 Å². The molecule has 1 aromatic carbocycles. The fourth-order valence-electron chi connectivity index (χ4n) is 3.49. The second-order valence-corrected chi connectivity index (χ2v) is 6.09. The maximum atomic E-state index is 5.73. The van der Waals surface area contributed by atoms with Gasteiger partial charge in [-0.15, -0.1) is 0 Å². The van der Waals surface area contributed by atoms with Crippen LogP contribution >= 0.6 is 0 Å². The number of hydrogen-bond acceptors (Lipinski definition) is 2. The topological polar surface area (TPSA) is 29.3 Å². The highest BCUT2D eigenvalue weighted by atomic mass is 15.1. The van der Waals surface area contributed by atoms with Crippen molar-refractivity contribution in [2.24, 2.45) is 11.7 Å². The van der Waals surface area contributed by atoms with Gasteiger partial charge in [0.05, 0.1) is 0 Å². The Kier molecular flexibility index (Phi) is 6.38. The highest BCUT2D eigenvalue weighted by molar-refractivity contribution is 5.55. The van der Waals surface area contributed by atoms with E-state index in [2.05, 4.69) is 36.1 Å². The Labute approximate surface area is 124 Å². The van der Waals surface area contributed by atoms with Gasteiger partial charge in [-0.3, -0.25) is 0 Å². The van der Waals surface area contributed by atoms with E-state index in [1.54, 1.807) is 0 Å². The molecule has 1 unspecified atom stereocenters. The van der Waals surface area contributed by atoms with Crippen LogP contribution in [0.2, 0.25) is 0 Å². The lowest BCUT2D eigenvalue weighted by Crippen LogP contribution is -2.30. The monoisotopic (exact) mass is 274 g/mol. The molecule has 0 aromatic heterocycles. The van der Waals surface area contributed by atoms with Crippen LogP contribution in [0.5, 0.6) is 0 Å². The number of fused-ring (bicyclic) bond motifs is 1. The van der Waals surface area contributed by atoms with E-state index in [1.165, 1.54) is 69.3 Å². The third-order valence-corrected chi connectivity index (χ3v) is 4.52. The minimum Gasteiger partial charge on any atom is -0.371 e. The molecule has 1 heterocycles. The number of nitrogens with zero attached hydrogens (tertiary/aromatic N) is 1. The van der Waals surface area contributed by atoms with E-state index in [0.29, 0.717) is 0 Å². The highest BCUT2D eigenvalue weighted by Crippen LogP contribution is 2.27. The number of aryl methyl sites for hydroxylation is 1. The number of anilines is 1. The van der Waals surface area contributed by atoms with Crippen LogP contribution < -0.4 is 10.6 Å². The Hall–Kier alpha value is -1.02. The van der Waals surface area contributed by atoms with Crippen LogP contribution in [0.4, 0.5) is 5.69 Å². The van der Waals surface area contributed by atoms with Crippen LogP contribution in [0.25, 0.3) is 0 Å². The summed E-state index contributed by atoms with van der Waals surface area (Å²) in [6.45, 7) is 5.57. The second kappa shape index (κ2) is 8.31. The fraction of sp³-hybridized carbons (Fsp3) is 0.667. The van der Waals surface area contributed by atoms with Gasteiger partial charge in [0.25, 0.3) is 0 Å². The zero-order valence-electron chi connectivity index (χ0n) is 13.0. The zero-order chi connectivity index (χ0) is 14.2. The maximum Gasteiger partial charge on any atom is 0.0398 e. The molecule has 2 N–H and O–H groups in total. The van der Waals surface area contributed by atoms with Crippen LogP contribution in [0.3, 0.4) is 0 Å². The first-order valence-electron chi connectivity index (χ1n) is 8.38. The highest BCUT2D eigenvalue weighted by Gasteiger charge is 2.16. The van der Waals surface area contributed by atoms with Gasteiger partial charge in [-0.1, -0.05) is 38.0 Å². The molecular formula is C18H30N2. The van der Waals surface area contributed by atoms with Gasteiger partial charge in [-0.25, -0.2) is 0 Å². The molecule has 1 aromatic rings. The van der Waals surface area contributed by atoms with Gasteiger partial charge in [-0.2, -0.15) is 0 Å². The normalized spacial score (nSPS) is 16.0. The van der Waals surface area contributed by atoms with Crippen LogP contribution in [0.1, 0.15) is 51.0 Å². The minimum atomic E-state index is 0.838. The molecule has 0 spiro atoms. The van der Waals surface area contributed by atoms with E-state index in [0.717, 1.165) is 12.5 Å². The summed E-state index contributed by atoms with van der Waals surface area (Å²) >= 11 is 0. The van der Waals surface area contributed by atoms with Gasteiger partial charge < -0.3 is 10.6 Å². The number of benzene rings is 1. The number of para-hydroxylation sites is 1. The third kappa shape index (κ3) is 4.24. The first kappa shape index (κ1) is 15.4. The van der Waals surface area contributed by atoms with Crippen molar-refractivity contribution in [3.8, 4) is 0 Å². The van der Waals surface area contributed by atoms with Crippen LogP contribution in [-0.2, 0) is 6.42 Å². The standard InChI is InChI=1S/C18H30N2/c1-2-7-16(12-13-19)8-5-14-20-15-6-10-17-9-3-4-11-18(17)20/h3-4,9,11,16H,2,5-8,10,12-15,19H2,1H3. The van der Waals surface area contributed by atoms with Gasteiger partial charge in [0.1, 0.15) is 0 Å². The molecular weight excluding hydrogens is 244 g/mol. The summed E-state index contributed by atoms with van der Waals surface area (Å²) in [5.74, 6) is 0.838. The SMILES string of the molecule is CCCC(CCN)CCCN1CCCc2ccccc21. The van der Waals surface area contributed by atoms with Crippen molar-refractivity contribution in [1.29, 1.82) is 0 Å². The lowest BCUT2D eigenvalue weighted by atomic mass is 9.94. The van der Waals surface area contributed by atoms with E-state index >= 15 is 0 Å². The molecule has 0 aliphatic carbocycles. The molecule has 0 fully saturated rings. The molecule has 0 saturated carbocycles. The summed E-state index contributed by atoms with van der Waals surface area (Å²) < 4.78 is 0. The van der Waals surface area contributed by atoms with Gasteiger partial charge in [0.2, 0.25) is 0 Å². The van der Waals surface area contributed by atoms with Gasteiger partial charge >= 0.3 is 0 Å². The molecule has 2 nitrogen and oxygen atoms in total. The average Bonchev–Trinajstić information content (AvgIpc) is 2.48. The Morgan fingerprint density at radius 2 is 2.05 bits per heavy atom. The first-order valence-corrected chi connectivity index (χ1v) is 8.38. The van der Waals surface area contributed by atoms with Crippen molar-refractivity contribution in [3.63, 3.8) is 0 Å². The molecule has 0 amide bonds. The Morgan fingerprint density at radius 1 is 1.20 bits per heavy atom. The van der Waals surface area contributed by atoms with Crippen molar-refractivity contribution in [1.82, 2.24) is 0 Å². The molecule has 1 aliphatic rings. The third-order valence-electron chi connectivity index (χ3n) is 4.52. The quantitative estimate of drug-likeness (QED) is 0.777. The molecule has 2 rings (SSSR count). The molecule has 2 heteroatoms. The summed E-state index contributed by atoms with van der Waals surface area (Å²) in [5, 5.41) is 0. The van der Waals surface area contributed by atoms with E-state index < -0.39 is 0 Å². The lowest BCUT2D eigenvalue weighted by Gasteiger charge is -2.31. The molecule has 1 aliphatic heterocycles. The Bertz CT molecular complexity index is 383. The molecule has 0 radical (unpaired) electrons. The van der Waals surface area contributed by atoms with E-state index in [9.17, 15) is 0 Å². The molecule has 0 bridgehead atoms. The smallest absolute Gasteiger partial charge is 0.0398 e. The summed E-state index contributed by atoms with van der Waals surface area (Å²) in [7, 11) is 0. The fourth-order valence-corrected chi connectivity index (χ4v) is 3.49. The first-order chi connectivity index (χ1) is 9.85. The van der Waals surface area contributed by atoms with Gasteiger partial charge in [0.15, 0.2) is 0 Å². The van der Waals surface area contributed by atoms with Crippen LogP contribution in [0, 0.1) is 5.92 Å². The summed E-state index contributed by atoms with van der Waals surface area (Å²) in [5.41, 5.74) is 8.74. The minimum absolute atomic E-state index is 0.838. The Balaban J connectivity index is 1.82. The van der Waals surface area contributed by atoms with E-state index in [-0.39, 0.29) is 0 Å². The lowest BCUT2D eigenvalue weighted by molar-refractivity contribution is 0.408. The number of rotatable bonds is 8. The van der Waals surface area contributed by atoms with Crippen molar-refractivity contribution in [3.05, 3.63) is 29.8 Å². The van der Waals surface area contributed by atoms with Gasteiger partial charge in [0, 0.05) is 18.8 Å². The zero-order valence-corrected chi connectivity index (χ0v) is 13.0. The number of hydrogen-bond donors (Lipinski definition) is 1. The molecule has 112 valence electrons. The van der Waals surface area contributed by atoms with Crippen molar-refractivity contribution >= 4 is 5.69 Å². The predicted molar refractivity (Wildman–Crippen MR) is 88.3 cm³/mol. The number of nitrogens with two attached hydrogens (primary N) is 1. The summed E-state index contributed by atoms with van der Waals surface area (Å²) in [6.07, 6.45) is 9.02. The second-order valence-electron chi connectivity index (χ2n) is 6.09. The maximum absolute atomic E-state index is 5.73. The average molecular weight is 274 g/mol. The molecule has 1 atom stereocenters. The van der Waals surface area contributed by atoms with Gasteiger partial charge in [-0.05, 0) is 56.2 Å². The predicted octanol–water partition coefficient (Wildman–Crippen LogP) is 3.98. The van der Waals surface area contributed by atoms with Crippen molar-refractivity contribution in [2.75, 3.05) is 24.5 Å². The van der Waals surface area contributed by atoms with E-state index in [1.807, 2.05) is 0 Å². The summed E-state index contributed by atoms with van der Waals surface area (Å²) in [4.78, 5) is 2.59. The Morgan fingerprint density at radius 3 is 2.85 bits per heavy atom. The van der Waals surface area contributed by atoms with Crippen molar-refractivity contribution in [2.45, 2.75) is 51.9 Å². The molecule has 20 heavy (non-hydrogen) atoms. The van der Waals surface area contributed by atoms with Crippen molar-refractivity contribution < 1.29 is 0 Å². The largest absolute Gasteiger partial charge is 0.371 e. The summed E-state index contributed by atoms with van der Waals surface area (Å²) in [6, 6.07) is 8.92. The van der Waals surface area contributed by atoms with Crippen LogP contribution in [-0.4, -0.2) is 19.6 Å². The molecule has 0 saturated heterocycles. The van der Waals surface area contributed by atoms with E-state index in [4.69, 9.17) is 5.73 Å².